The minimum absolute atomic E-state index is 0.00146. The predicted molar refractivity (Wildman–Crippen MR) is 93.4 cm³/mol. The van der Waals surface area contributed by atoms with Crippen molar-refractivity contribution in [3.63, 3.8) is 0 Å². The number of nitrogens with one attached hydrogen (secondary N) is 1. The molecule has 7 heteroatoms. The molecule has 1 atom stereocenters. The first kappa shape index (κ1) is 17.7. The maximum Gasteiger partial charge on any atom is 0.306 e. The summed E-state index contributed by atoms with van der Waals surface area (Å²) in [6.07, 6.45) is 2.68. The summed E-state index contributed by atoms with van der Waals surface area (Å²) in [6.45, 7) is 0.343. The minimum Gasteiger partial charge on any atom is -0.481 e. The third kappa shape index (κ3) is 4.12. The molecular weight excluding hydrogens is 344 g/mol. The Hall–Kier alpha value is -2.08. The monoisotopic (exact) mass is 364 g/mol. The number of benzene rings is 1. The van der Waals surface area contributed by atoms with Crippen molar-refractivity contribution >= 4 is 35.1 Å². The molecule has 2 amide bonds. The van der Waals surface area contributed by atoms with Gasteiger partial charge in [-0.1, -0.05) is 17.7 Å². The molecule has 1 aromatic rings. The number of carbonyl (C=O) groups excluding carboxylic acids is 2. The molecule has 1 aliphatic heterocycles. The number of halogens is 1. The fraction of sp³-hybridized carbons (Fsp3) is 0.500. The Labute approximate surface area is 151 Å². The number of amides is 2. The smallest absolute Gasteiger partial charge is 0.306 e. The van der Waals surface area contributed by atoms with Crippen LogP contribution >= 0.6 is 11.6 Å². The number of carboxylic acids is 1. The van der Waals surface area contributed by atoms with Crippen molar-refractivity contribution in [3.8, 4) is 0 Å². The Balaban J connectivity index is 1.55. The van der Waals surface area contributed by atoms with Crippen LogP contribution in [0.25, 0.3) is 0 Å². The first-order chi connectivity index (χ1) is 11.9. The van der Waals surface area contributed by atoms with Crippen LogP contribution in [-0.4, -0.2) is 35.5 Å². The Morgan fingerprint density at radius 1 is 1.16 bits per heavy atom. The topological polar surface area (TPSA) is 86.7 Å². The number of carbonyl (C=O) groups is 3. The quantitative estimate of drug-likeness (QED) is 0.859. The van der Waals surface area contributed by atoms with E-state index in [1.54, 1.807) is 29.2 Å². The van der Waals surface area contributed by atoms with Crippen LogP contribution in [0.1, 0.15) is 32.1 Å². The van der Waals surface area contributed by atoms with Crippen LogP contribution in [0.3, 0.4) is 0 Å². The summed E-state index contributed by atoms with van der Waals surface area (Å²) < 4.78 is 0. The largest absolute Gasteiger partial charge is 0.481 e. The van der Waals surface area contributed by atoms with Gasteiger partial charge in [0.15, 0.2) is 0 Å². The molecule has 0 bridgehead atoms. The van der Waals surface area contributed by atoms with Gasteiger partial charge in [-0.2, -0.15) is 0 Å². The van der Waals surface area contributed by atoms with E-state index in [0.29, 0.717) is 42.9 Å². The van der Waals surface area contributed by atoms with Crippen molar-refractivity contribution in [1.29, 1.82) is 0 Å². The highest BCUT2D eigenvalue weighted by Gasteiger charge is 2.36. The number of anilines is 1. The normalized spacial score (nSPS) is 26.5. The summed E-state index contributed by atoms with van der Waals surface area (Å²) in [6, 6.07) is 7.03. The van der Waals surface area contributed by atoms with E-state index < -0.39 is 5.97 Å². The van der Waals surface area contributed by atoms with Gasteiger partial charge >= 0.3 is 5.97 Å². The molecule has 1 saturated heterocycles. The van der Waals surface area contributed by atoms with Gasteiger partial charge in [0.2, 0.25) is 11.8 Å². The number of carboxylic acid groups (broad SMARTS) is 1. The second-order valence-corrected chi connectivity index (χ2v) is 7.22. The third-order valence-corrected chi connectivity index (χ3v) is 5.27. The van der Waals surface area contributed by atoms with Crippen LogP contribution in [0.2, 0.25) is 5.02 Å². The standard InChI is InChI=1S/C18H21ClN2O4/c19-13-2-1-3-15(9-13)21-10-12(8-16(21)22)17(23)20-14-6-4-11(5-7-14)18(24)25/h1-3,9,11-12,14H,4-8,10H2,(H,20,23)(H,24,25). The summed E-state index contributed by atoms with van der Waals surface area (Å²) in [5, 5.41) is 12.6. The Kier molecular flexibility index (Phi) is 5.27. The highest BCUT2D eigenvalue weighted by molar-refractivity contribution is 6.31. The lowest BCUT2D eigenvalue weighted by molar-refractivity contribution is -0.142. The maximum absolute atomic E-state index is 12.5. The lowest BCUT2D eigenvalue weighted by atomic mass is 9.86. The van der Waals surface area contributed by atoms with Crippen LogP contribution in [-0.2, 0) is 14.4 Å². The Morgan fingerprint density at radius 2 is 1.88 bits per heavy atom. The molecule has 2 aliphatic rings. The van der Waals surface area contributed by atoms with Crippen LogP contribution < -0.4 is 10.2 Å². The summed E-state index contributed by atoms with van der Waals surface area (Å²) >= 11 is 5.97. The molecule has 6 nitrogen and oxygen atoms in total. The zero-order chi connectivity index (χ0) is 18.0. The van der Waals surface area contributed by atoms with Crippen molar-refractivity contribution in [1.82, 2.24) is 5.32 Å². The zero-order valence-electron chi connectivity index (χ0n) is 13.8. The molecule has 2 fully saturated rings. The summed E-state index contributed by atoms with van der Waals surface area (Å²) in [5.41, 5.74) is 0.703. The molecule has 2 N–H and O–H groups in total. The van der Waals surface area contributed by atoms with Gasteiger partial charge in [0.25, 0.3) is 0 Å². The van der Waals surface area contributed by atoms with Crippen LogP contribution in [0, 0.1) is 11.8 Å². The van der Waals surface area contributed by atoms with Gasteiger partial charge < -0.3 is 15.3 Å². The van der Waals surface area contributed by atoms with Crippen LogP contribution in [0.15, 0.2) is 24.3 Å². The molecule has 134 valence electrons. The van der Waals surface area contributed by atoms with Crippen LogP contribution in [0.5, 0.6) is 0 Å². The molecule has 1 aliphatic carbocycles. The Bertz CT molecular complexity index is 685. The Morgan fingerprint density at radius 3 is 2.52 bits per heavy atom. The first-order valence-corrected chi connectivity index (χ1v) is 8.91. The van der Waals surface area contributed by atoms with Gasteiger partial charge in [0.1, 0.15) is 0 Å². The summed E-state index contributed by atoms with van der Waals surface area (Å²) in [5.74, 6) is -1.67. The van der Waals surface area contributed by atoms with E-state index in [9.17, 15) is 14.4 Å². The van der Waals surface area contributed by atoms with E-state index in [0.717, 1.165) is 0 Å². The third-order valence-electron chi connectivity index (χ3n) is 5.04. The molecule has 1 heterocycles. The number of hydrogen-bond donors (Lipinski definition) is 2. The zero-order valence-corrected chi connectivity index (χ0v) is 14.5. The number of hydrogen-bond acceptors (Lipinski definition) is 3. The van der Waals surface area contributed by atoms with Gasteiger partial charge in [-0.25, -0.2) is 0 Å². The van der Waals surface area contributed by atoms with Gasteiger partial charge in [-0.05, 0) is 43.9 Å². The van der Waals surface area contributed by atoms with E-state index >= 15 is 0 Å². The number of rotatable bonds is 4. The minimum atomic E-state index is -0.761. The van der Waals surface area contributed by atoms with Gasteiger partial charge in [-0.3, -0.25) is 14.4 Å². The molecular formula is C18H21ClN2O4. The summed E-state index contributed by atoms with van der Waals surface area (Å²) in [4.78, 5) is 37.3. The second-order valence-electron chi connectivity index (χ2n) is 6.78. The van der Waals surface area contributed by atoms with E-state index in [4.69, 9.17) is 16.7 Å². The first-order valence-electron chi connectivity index (χ1n) is 8.53. The fourth-order valence-electron chi connectivity index (χ4n) is 3.58. The number of aliphatic carboxylic acids is 1. The van der Waals surface area contributed by atoms with Gasteiger partial charge in [0.05, 0.1) is 11.8 Å². The van der Waals surface area contributed by atoms with Crippen molar-refractivity contribution in [2.45, 2.75) is 38.1 Å². The van der Waals surface area contributed by atoms with Gasteiger partial charge in [-0.15, -0.1) is 0 Å². The average Bonchev–Trinajstić information content (AvgIpc) is 2.97. The molecule has 0 radical (unpaired) electrons. The summed E-state index contributed by atoms with van der Waals surface area (Å²) in [7, 11) is 0. The van der Waals surface area contributed by atoms with E-state index in [2.05, 4.69) is 5.32 Å². The average molecular weight is 365 g/mol. The molecule has 1 aromatic carbocycles. The lowest BCUT2D eigenvalue weighted by Gasteiger charge is -2.27. The molecule has 1 unspecified atom stereocenters. The highest BCUT2D eigenvalue weighted by Crippen LogP contribution is 2.28. The number of nitrogens with zero attached hydrogens (tertiary/aromatic N) is 1. The molecule has 0 aromatic heterocycles. The SMILES string of the molecule is O=C(O)C1CCC(NC(=O)C2CC(=O)N(c3cccc(Cl)c3)C2)CC1. The van der Waals surface area contributed by atoms with Crippen LogP contribution in [0.4, 0.5) is 5.69 Å². The van der Waals surface area contributed by atoms with Crippen molar-refractivity contribution in [3.05, 3.63) is 29.3 Å². The van der Waals surface area contributed by atoms with E-state index in [1.807, 2.05) is 0 Å². The lowest BCUT2D eigenvalue weighted by Crippen LogP contribution is -2.42. The van der Waals surface area contributed by atoms with Crippen molar-refractivity contribution in [2.75, 3.05) is 11.4 Å². The van der Waals surface area contributed by atoms with E-state index in [1.165, 1.54) is 0 Å². The van der Waals surface area contributed by atoms with Crippen molar-refractivity contribution < 1.29 is 19.5 Å². The molecule has 25 heavy (non-hydrogen) atoms. The highest BCUT2D eigenvalue weighted by atomic mass is 35.5. The fourth-order valence-corrected chi connectivity index (χ4v) is 3.77. The molecule has 0 spiro atoms. The second kappa shape index (κ2) is 7.44. The predicted octanol–water partition coefficient (Wildman–Crippen LogP) is 2.45. The maximum atomic E-state index is 12.5. The van der Waals surface area contributed by atoms with E-state index in [-0.39, 0.29) is 36.1 Å². The van der Waals surface area contributed by atoms with Gasteiger partial charge in [0, 0.05) is 29.7 Å². The molecule has 1 saturated carbocycles. The molecule has 3 rings (SSSR count). The van der Waals surface area contributed by atoms with Crippen molar-refractivity contribution in [2.24, 2.45) is 11.8 Å².